The van der Waals surface area contributed by atoms with Gasteiger partial charge in [-0.2, -0.15) is 0 Å². The largest absolute Gasteiger partial charge is 0.468 e. The molecule has 1 saturated heterocycles. The van der Waals surface area contributed by atoms with Crippen molar-refractivity contribution < 1.29 is 14.3 Å². The average Bonchev–Trinajstić information content (AvgIpc) is 3.29. The smallest absolute Gasteiger partial charge is 0.325 e. The number of hydrogen-bond acceptors (Lipinski definition) is 5. The van der Waals surface area contributed by atoms with Crippen molar-refractivity contribution in [2.45, 2.75) is 50.6 Å². The number of nitrogens with zero attached hydrogens (tertiary/aromatic N) is 1. The number of methoxy groups -OCH3 is 2. The highest BCUT2D eigenvalue weighted by atomic mass is 16.5. The maximum Gasteiger partial charge on any atom is 0.325 e. The number of carbonyl (C=O) groups is 1. The molecule has 2 atom stereocenters. The van der Waals surface area contributed by atoms with Crippen LogP contribution in [-0.2, 0) is 14.3 Å². The Hall–Kier alpha value is -0.650. The van der Waals surface area contributed by atoms with Crippen molar-refractivity contribution in [2.24, 2.45) is 5.92 Å². The fourth-order valence-electron chi connectivity index (χ4n) is 3.24. The predicted molar refractivity (Wildman–Crippen MR) is 82.2 cm³/mol. The Kier molecular flexibility index (Phi) is 6.02. The van der Waals surface area contributed by atoms with Crippen LogP contribution in [0.25, 0.3) is 0 Å². The summed E-state index contributed by atoms with van der Waals surface area (Å²) in [5.74, 6) is 0.490. The summed E-state index contributed by atoms with van der Waals surface area (Å²) in [4.78, 5) is 14.6. The van der Waals surface area contributed by atoms with Gasteiger partial charge in [-0.3, -0.25) is 10.1 Å². The van der Waals surface area contributed by atoms with Crippen LogP contribution in [0.4, 0.5) is 0 Å². The highest BCUT2D eigenvalue weighted by molar-refractivity contribution is 5.80. The summed E-state index contributed by atoms with van der Waals surface area (Å²) in [6, 6.07) is 0.497. The van der Waals surface area contributed by atoms with Crippen molar-refractivity contribution in [1.82, 2.24) is 10.2 Å². The summed E-state index contributed by atoms with van der Waals surface area (Å²) in [6.07, 6.45) is 5.62. The van der Waals surface area contributed by atoms with E-state index in [1.807, 2.05) is 6.92 Å². The molecule has 122 valence electrons. The molecule has 1 saturated carbocycles. The first-order valence-electron chi connectivity index (χ1n) is 8.15. The average molecular weight is 298 g/mol. The van der Waals surface area contributed by atoms with E-state index in [2.05, 4.69) is 10.2 Å². The Bertz CT molecular complexity index is 344. The Morgan fingerprint density at radius 1 is 1.33 bits per heavy atom. The maximum absolute atomic E-state index is 12.1. The van der Waals surface area contributed by atoms with E-state index in [1.165, 1.54) is 32.8 Å². The maximum atomic E-state index is 12.1. The molecule has 0 amide bonds. The third kappa shape index (κ3) is 4.94. The highest BCUT2D eigenvalue weighted by Gasteiger charge is 2.39. The third-order valence-electron chi connectivity index (χ3n) is 4.67. The number of ether oxygens (including phenoxy) is 2. The summed E-state index contributed by atoms with van der Waals surface area (Å²) in [7, 11) is 3.25. The number of hydrogen-bond donors (Lipinski definition) is 1. The van der Waals surface area contributed by atoms with E-state index in [1.54, 1.807) is 7.11 Å². The van der Waals surface area contributed by atoms with Gasteiger partial charge in [0.25, 0.3) is 0 Å². The van der Waals surface area contributed by atoms with Gasteiger partial charge >= 0.3 is 5.97 Å². The van der Waals surface area contributed by atoms with Gasteiger partial charge in [-0.05, 0) is 51.5 Å². The van der Waals surface area contributed by atoms with Crippen LogP contribution in [0.2, 0.25) is 0 Å². The number of rotatable bonds is 8. The lowest BCUT2D eigenvalue weighted by Crippen LogP contribution is -2.53. The molecule has 0 radical (unpaired) electrons. The first-order valence-corrected chi connectivity index (χ1v) is 8.15. The molecule has 1 N–H and O–H groups in total. The second-order valence-corrected chi connectivity index (χ2v) is 6.76. The number of piperidine rings is 1. The fraction of sp³-hybridized carbons (Fsp3) is 0.938. The number of nitrogens with one attached hydrogen (secondary N) is 1. The van der Waals surface area contributed by atoms with Crippen LogP contribution < -0.4 is 5.32 Å². The Balaban J connectivity index is 1.84. The zero-order chi connectivity index (χ0) is 15.3. The Labute approximate surface area is 128 Å². The van der Waals surface area contributed by atoms with E-state index in [4.69, 9.17) is 9.47 Å². The molecule has 2 aliphatic rings. The minimum atomic E-state index is -0.551. The predicted octanol–water partition coefficient (Wildman–Crippen LogP) is 1.42. The van der Waals surface area contributed by atoms with E-state index in [9.17, 15) is 4.79 Å². The van der Waals surface area contributed by atoms with Gasteiger partial charge in [0.2, 0.25) is 0 Å². The first-order chi connectivity index (χ1) is 10.1. The lowest BCUT2D eigenvalue weighted by atomic mass is 9.94. The van der Waals surface area contributed by atoms with Crippen molar-refractivity contribution in [1.29, 1.82) is 0 Å². The molecule has 5 nitrogen and oxygen atoms in total. The molecule has 0 aromatic carbocycles. The fourth-order valence-corrected chi connectivity index (χ4v) is 3.24. The van der Waals surface area contributed by atoms with Gasteiger partial charge in [0.05, 0.1) is 13.7 Å². The molecule has 21 heavy (non-hydrogen) atoms. The molecule has 0 aromatic rings. The molecule has 0 spiro atoms. The summed E-state index contributed by atoms with van der Waals surface area (Å²) in [5.41, 5.74) is -0.551. The van der Waals surface area contributed by atoms with Crippen molar-refractivity contribution >= 4 is 5.97 Å². The summed E-state index contributed by atoms with van der Waals surface area (Å²) in [5, 5.41) is 3.47. The molecule has 1 aliphatic heterocycles. The van der Waals surface area contributed by atoms with Crippen LogP contribution in [0.1, 0.15) is 39.0 Å². The molecule has 2 unspecified atom stereocenters. The number of likely N-dealkylation sites (tertiary alicyclic amines) is 1. The van der Waals surface area contributed by atoms with E-state index in [0.717, 1.165) is 32.7 Å². The Morgan fingerprint density at radius 2 is 2.10 bits per heavy atom. The van der Waals surface area contributed by atoms with Gasteiger partial charge in [-0.1, -0.05) is 0 Å². The van der Waals surface area contributed by atoms with Crippen LogP contribution in [-0.4, -0.2) is 62.9 Å². The molecule has 0 bridgehead atoms. The van der Waals surface area contributed by atoms with Gasteiger partial charge < -0.3 is 14.4 Å². The van der Waals surface area contributed by atoms with Gasteiger partial charge in [0.15, 0.2) is 0 Å². The molecular formula is C16H30N2O3. The molecular weight excluding hydrogens is 268 g/mol. The second-order valence-electron chi connectivity index (χ2n) is 6.76. The molecule has 0 aromatic heterocycles. The first kappa shape index (κ1) is 16.7. The van der Waals surface area contributed by atoms with Crippen LogP contribution >= 0.6 is 0 Å². The zero-order valence-corrected chi connectivity index (χ0v) is 13.7. The van der Waals surface area contributed by atoms with Crippen LogP contribution in [0, 0.1) is 5.92 Å². The SMILES string of the molecule is COCC1CCCN(CCC(C)(NC2CC2)C(=O)OC)C1. The number of carbonyl (C=O) groups excluding carboxylic acids is 1. The Morgan fingerprint density at radius 3 is 2.71 bits per heavy atom. The molecule has 1 aliphatic carbocycles. The minimum absolute atomic E-state index is 0.139. The minimum Gasteiger partial charge on any atom is -0.468 e. The lowest BCUT2D eigenvalue weighted by Gasteiger charge is -2.35. The summed E-state index contributed by atoms with van der Waals surface area (Å²) >= 11 is 0. The quantitative estimate of drug-likeness (QED) is 0.687. The standard InChI is InChI=1S/C16H30N2O3/c1-16(15(19)21-3,17-14-6-7-14)8-10-18-9-4-5-13(11-18)12-20-2/h13-14,17H,4-12H2,1-3H3. The summed E-state index contributed by atoms with van der Waals surface area (Å²) in [6.45, 7) is 5.96. The van der Waals surface area contributed by atoms with Crippen molar-refractivity contribution in [2.75, 3.05) is 40.5 Å². The van der Waals surface area contributed by atoms with E-state index in [-0.39, 0.29) is 5.97 Å². The van der Waals surface area contributed by atoms with Gasteiger partial charge in [-0.15, -0.1) is 0 Å². The van der Waals surface area contributed by atoms with Crippen LogP contribution in [0.3, 0.4) is 0 Å². The normalized spacial score (nSPS) is 26.3. The van der Waals surface area contributed by atoms with E-state index >= 15 is 0 Å². The molecule has 1 heterocycles. The second kappa shape index (κ2) is 7.56. The highest BCUT2D eigenvalue weighted by Crippen LogP contribution is 2.26. The molecule has 2 rings (SSSR count). The van der Waals surface area contributed by atoms with Crippen molar-refractivity contribution in [3.8, 4) is 0 Å². The zero-order valence-electron chi connectivity index (χ0n) is 13.7. The van der Waals surface area contributed by atoms with Crippen molar-refractivity contribution in [3.63, 3.8) is 0 Å². The van der Waals surface area contributed by atoms with Crippen LogP contribution in [0.5, 0.6) is 0 Å². The van der Waals surface area contributed by atoms with Gasteiger partial charge in [0, 0.05) is 26.2 Å². The van der Waals surface area contributed by atoms with Crippen molar-refractivity contribution in [3.05, 3.63) is 0 Å². The lowest BCUT2D eigenvalue weighted by molar-refractivity contribution is -0.148. The molecule has 5 heteroatoms. The third-order valence-corrected chi connectivity index (χ3v) is 4.67. The van der Waals surface area contributed by atoms with Crippen LogP contribution in [0.15, 0.2) is 0 Å². The molecule has 2 fully saturated rings. The monoisotopic (exact) mass is 298 g/mol. The van der Waals surface area contributed by atoms with E-state index < -0.39 is 5.54 Å². The topological polar surface area (TPSA) is 50.8 Å². The number of esters is 1. The van der Waals surface area contributed by atoms with E-state index in [0.29, 0.717) is 12.0 Å². The summed E-state index contributed by atoms with van der Waals surface area (Å²) < 4.78 is 10.3. The van der Waals surface area contributed by atoms with Gasteiger partial charge in [0.1, 0.15) is 5.54 Å². The van der Waals surface area contributed by atoms with Gasteiger partial charge in [-0.25, -0.2) is 0 Å².